The van der Waals surface area contributed by atoms with Crippen molar-refractivity contribution in [3.63, 3.8) is 0 Å². The predicted molar refractivity (Wildman–Crippen MR) is 76.1 cm³/mol. The molecule has 0 saturated carbocycles. The van der Waals surface area contributed by atoms with Crippen LogP contribution in [-0.2, 0) is 9.53 Å². The maximum atomic E-state index is 11.6. The highest BCUT2D eigenvalue weighted by Gasteiger charge is 2.22. The maximum Gasteiger partial charge on any atom is 0.412 e. The van der Waals surface area contributed by atoms with Gasteiger partial charge in [0, 0.05) is 23.3 Å². The number of benzene rings is 1. The highest BCUT2D eigenvalue weighted by Crippen LogP contribution is 2.13. The van der Waals surface area contributed by atoms with Crippen molar-refractivity contribution < 1.29 is 19.4 Å². The number of carbonyl (C=O) groups excluding carboxylic acids is 1. The van der Waals surface area contributed by atoms with Gasteiger partial charge in [0.2, 0.25) is 6.10 Å². The number of carbonyl (C=O) groups is 2. The van der Waals surface area contributed by atoms with Gasteiger partial charge in [-0.1, -0.05) is 25.4 Å². The molecule has 0 heterocycles. The zero-order chi connectivity index (χ0) is 15.1. The Morgan fingerprint density at radius 3 is 2.40 bits per heavy atom. The van der Waals surface area contributed by atoms with Crippen LogP contribution in [-0.4, -0.2) is 35.9 Å². The first-order valence-corrected chi connectivity index (χ1v) is 6.45. The third kappa shape index (κ3) is 5.90. The van der Waals surface area contributed by atoms with E-state index in [1.807, 2.05) is 13.8 Å². The summed E-state index contributed by atoms with van der Waals surface area (Å²) >= 11 is 5.72. The molecule has 0 spiro atoms. The van der Waals surface area contributed by atoms with Crippen LogP contribution in [0.2, 0.25) is 5.02 Å². The predicted octanol–water partition coefficient (Wildman–Crippen LogP) is 2.34. The van der Waals surface area contributed by atoms with Gasteiger partial charge in [-0.2, -0.15) is 0 Å². The number of rotatable bonds is 6. The minimum absolute atomic E-state index is 0.0427. The second kappa shape index (κ2) is 7.72. The second-order valence-electron chi connectivity index (χ2n) is 4.43. The minimum atomic E-state index is -1.25. The van der Waals surface area contributed by atoms with Crippen LogP contribution in [0, 0.1) is 0 Å². The average molecular weight is 301 g/mol. The number of anilines is 1. The summed E-state index contributed by atoms with van der Waals surface area (Å²) in [6.07, 6.45) is -2.07. The summed E-state index contributed by atoms with van der Waals surface area (Å²) in [5, 5.41) is 14.8. The summed E-state index contributed by atoms with van der Waals surface area (Å²) in [6.45, 7) is 3.78. The summed E-state index contributed by atoms with van der Waals surface area (Å²) in [5.74, 6) is -1.20. The van der Waals surface area contributed by atoms with Crippen LogP contribution in [0.25, 0.3) is 0 Å². The number of halogens is 1. The van der Waals surface area contributed by atoms with Crippen LogP contribution in [0.5, 0.6) is 0 Å². The van der Waals surface area contributed by atoms with E-state index in [1.54, 1.807) is 24.3 Å². The molecule has 0 radical (unpaired) electrons. The van der Waals surface area contributed by atoms with Crippen LogP contribution in [0.1, 0.15) is 13.8 Å². The smallest absolute Gasteiger partial charge is 0.412 e. The first-order valence-electron chi connectivity index (χ1n) is 6.08. The van der Waals surface area contributed by atoms with Crippen molar-refractivity contribution in [3.05, 3.63) is 29.3 Å². The zero-order valence-corrected chi connectivity index (χ0v) is 12.0. The molecule has 0 bridgehead atoms. The van der Waals surface area contributed by atoms with Gasteiger partial charge in [0.15, 0.2) is 0 Å². The lowest BCUT2D eigenvalue weighted by Gasteiger charge is -2.16. The third-order valence-electron chi connectivity index (χ3n) is 2.33. The molecule has 1 atom stereocenters. The van der Waals surface area contributed by atoms with Crippen molar-refractivity contribution in [1.82, 2.24) is 5.32 Å². The number of ether oxygens (including phenoxy) is 1. The molecule has 0 saturated heterocycles. The van der Waals surface area contributed by atoms with Crippen LogP contribution >= 0.6 is 11.6 Å². The van der Waals surface area contributed by atoms with Crippen LogP contribution in [0.3, 0.4) is 0 Å². The van der Waals surface area contributed by atoms with Gasteiger partial charge in [-0.15, -0.1) is 0 Å². The second-order valence-corrected chi connectivity index (χ2v) is 4.86. The summed E-state index contributed by atoms with van der Waals surface area (Å²) in [4.78, 5) is 22.6. The van der Waals surface area contributed by atoms with Crippen LogP contribution in [0.4, 0.5) is 10.5 Å². The Morgan fingerprint density at radius 1 is 1.30 bits per heavy atom. The minimum Gasteiger partial charge on any atom is -0.478 e. The lowest BCUT2D eigenvalue weighted by atomic mass is 10.3. The fraction of sp³-hybridized carbons (Fsp3) is 0.385. The number of amides is 1. The SMILES string of the molecule is CC(C)NCC(OC(=O)Nc1ccc(Cl)cc1)C(=O)O. The molecule has 0 aliphatic rings. The number of carboxylic acid groups (broad SMARTS) is 1. The number of carboxylic acids is 1. The van der Waals surface area contributed by atoms with E-state index in [4.69, 9.17) is 21.4 Å². The number of hydrogen-bond acceptors (Lipinski definition) is 4. The molecule has 1 aromatic rings. The molecule has 0 aromatic heterocycles. The lowest BCUT2D eigenvalue weighted by Crippen LogP contribution is -2.40. The van der Waals surface area contributed by atoms with Crippen LogP contribution < -0.4 is 10.6 Å². The average Bonchev–Trinajstić information content (AvgIpc) is 2.36. The van der Waals surface area contributed by atoms with Crippen LogP contribution in [0.15, 0.2) is 24.3 Å². The number of nitrogens with one attached hydrogen (secondary N) is 2. The molecule has 3 N–H and O–H groups in total. The molecule has 20 heavy (non-hydrogen) atoms. The summed E-state index contributed by atoms with van der Waals surface area (Å²) in [7, 11) is 0. The molecule has 1 unspecified atom stereocenters. The number of hydrogen-bond donors (Lipinski definition) is 3. The van der Waals surface area contributed by atoms with E-state index in [0.717, 1.165) is 0 Å². The molecular formula is C13H17ClN2O4. The quantitative estimate of drug-likeness (QED) is 0.750. The molecule has 0 aliphatic heterocycles. The first kappa shape index (κ1) is 16.3. The molecule has 0 fully saturated rings. The molecule has 110 valence electrons. The fourth-order valence-corrected chi connectivity index (χ4v) is 1.46. The van der Waals surface area contributed by atoms with Crippen molar-refractivity contribution in [2.24, 2.45) is 0 Å². The van der Waals surface area contributed by atoms with E-state index < -0.39 is 18.2 Å². The van der Waals surface area contributed by atoms with Crippen molar-refractivity contribution in [2.75, 3.05) is 11.9 Å². The molecule has 6 nitrogen and oxygen atoms in total. The van der Waals surface area contributed by atoms with Crippen molar-refractivity contribution in [3.8, 4) is 0 Å². The van der Waals surface area contributed by atoms with Crippen molar-refractivity contribution >= 4 is 29.4 Å². The molecule has 1 aromatic carbocycles. The summed E-state index contributed by atoms with van der Waals surface area (Å²) in [5.41, 5.74) is 0.473. The molecule has 0 aliphatic carbocycles. The van der Waals surface area contributed by atoms with E-state index >= 15 is 0 Å². The Kier molecular flexibility index (Phi) is 6.27. The Bertz CT molecular complexity index is 462. The summed E-state index contributed by atoms with van der Waals surface area (Å²) in [6, 6.07) is 6.48. The van der Waals surface area contributed by atoms with E-state index in [2.05, 4.69) is 10.6 Å². The van der Waals surface area contributed by atoms with Gasteiger partial charge < -0.3 is 15.2 Å². The van der Waals surface area contributed by atoms with Gasteiger partial charge in [0.1, 0.15) is 0 Å². The fourth-order valence-electron chi connectivity index (χ4n) is 1.33. The van der Waals surface area contributed by atoms with Gasteiger partial charge in [-0.05, 0) is 24.3 Å². The zero-order valence-electron chi connectivity index (χ0n) is 11.2. The standard InChI is InChI=1S/C13H17ClN2O4/c1-8(2)15-7-11(12(17)18)20-13(19)16-10-5-3-9(14)4-6-10/h3-6,8,11,15H,7H2,1-2H3,(H,16,19)(H,17,18). The van der Waals surface area contributed by atoms with Crippen molar-refractivity contribution in [2.45, 2.75) is 26.0 Å². The van der Waals surface area contributed by atoms with Gasteiger partial charge >= 0.3 is 12.1 Å². The van der Waals surface area contributed by atoms with E-state index in [0.29, 0.717) is 10.7 Å². The van der Waals surface area contributed by atoms with Gasteiger partial charge in [-0.3, -0.25) is 5.32 Å². The lowest BCUT2D eigenvalue weighted by molar-refractivity contribution is -0.146. The van der Waals surface area contributed by atoms with E-state index in [1.165, 1.54) is 0 Å². The maximum absolute atomic E-state index is 11.6. The van der Waals surface area contributed by atoms with Crippen molar-refractivity contribution in [1.29, 1.82) is 0 Å². The highest BCUT2D eigenvalue weighted by atomic mass is 35.5. The Labute approximate surface area is 122 Å². The van der Waals surface area contributed by atoms with Gasteiger partial charge in [0.25, 0.3) is 0 Å². The Balaban J connectivity index is 2.53. The Hall–Kier alpha value is -1.79. The summed E-state index contributed by atoms with van der Waals surface area (Å²) < 4.78 is 4.85. The molecule has 1 rings (SSSR count). The third-order valence-corrected chi connectivity index (χ3v) is 2.58. The monoisotopic (exact) mass is 300 g/mol. The molecule has 7 heteroatoms. The highest BCUT2D eigenvalue weighted by molar-refractivity contribution is 6.30. The molecular weight excluding hydrogens is 284 g/mol. The number of aliphatic carboxylic acids is 1. The largest absolute Gasteiger partial charge is 0.478 e. The normalized spacial score (nSPS) is 12.0. The van der Waals surface area contributed by atoms with Gasteiger partial charge in [-0.25, -0.2) is 9.59 Å². The topological polar surface area (TPSA) is 87.7 Å². The van der Waals surface area contributed by atoms with E-state index in [-0.39, 0.29) is 12.6 Å². The van der Waals surface area contributed by atoms with Gasteiger partial charge in [0.05, 0.1) is 0 Å². The Morgan fingerprint density at radius 2 is 1.90 bits per heavy atom. The molecule has 1 amide bonds. The first-order chi connectivity index (χ1) is 9.38. The van der Waals surface area contributed by atoms with E-state index in [9.17, 15) is 9.59 Å².